The molecule has 2 aromatic rings. The number of carboxylic acid groups (broad SMARTS) is 1. The van der Waals surface area contributed by atoms with Crippen molar-refractivity contribution in [3.8, 4) is 5.69 Å². The monoisotopic (exact) mass is 286 g/mol. The third-order valence-electron chi connectivity index (χ3n) is 3.80. The molecule has 5 nitrogen and oxygen atoms in total. The maximum Gasteiger partial charge on any atom is 0.356 e. The molecule has 5 heteroatoms. The van der Waals surface area contributed by atoms with Crippen LogP contribution in [0, 0.1) is 0 Å². The lowest BCUT2D eigenvalue weighted by Gasteiger charge is -2.12. The molecule has 1 unspecified atom stereocenters. The number of carboxylic acids is 1. The van der Waals surface area contributed by atoms with Gasteiger partial charge in [-0.3, -0.25) is 0 Å². The van der Waals surface area contributed by atoms with Crippen molar-refractivity contribution in [2.45, 2.75) is 32.3 Å². The van der Waals surface area contributed by atoms with E-state index in [1.54, 1.807) is 10.7 Å². The first-order valence-corrected chi connectivity index (χ1v) is 7.23. The van der Waals surface area contributed by atoms with Gasteiger partial charge in [0, 0.05) is 6.61 Å². The Balaban J connectivity index is 2.03. The van der Waals surface area contributed by atoms with Crippen molar-refractivity contribution in [2.75, 3.05) is 6.61 Å². The van der Waals surface area contributed by atoms with Gasteiger partial charge < -0.3 is 9.84 Å². The summed E-state index contributed by atoms with van der Waals surface area (Å²) in [5.74, 6) is -1.02. The minimum absolute atomic E-state index is 0.0556. The van der Waals surface area contributed by atoms with E-state index in [0.717, 1.165) is 30.6 Å². The topological polar surface area (TPSA) is 64.4 Å². The van der Waals surface area contributed by atoms with Gasteiger partial charge >= 0.3 is 5.97 Å². The summed E-state index contributed by atoms with van der Waals surface area (Å²) >= 11 is 0. The van der Waals surface area contributed by atoms with Crippen molar-refractivity contribution in [1.82, 2.24) is 9.78 Å². The standard InChI is InChI=1S/C16H18N2O3/c1-2-11-5-7-12(8-6-11)18-14(15-4-3-9-21-15)10-13(17-18)16(19)20/h5-8,10,15H,2-4,9H2,1H3,(H,19,20). The highest BCUT2D eigenvalue weighted by Gasteiger charge is 2.25. The largest absolute Gasteiger partial charge is 0.476 e. The summed E-state index contributed by atoms with van der Waals surface area (Å²) in [6.45, 7) is 2.82. The minimum atomic E-state index is -1.02. The maximum absolute atomic E-state index is 11.2. The van der Waals surface area contributed by atoms with Gasteiger partial charge in [0.2, 0.25) is 0 Å². The highest BCUT2D eigenvalue weighted by atomic mass is 16.5. The SMILES string of the molecule is CCc1ccc(-n2nc(C(=O)O)cc2C2CCCO2)cc1. The van der Waals surface area contributed by atoms with Crippen LogP contribution in [0.3, 0.4) is 0 Å². The zero-order valence-electron chi connectivity index (χ0n) is 12.0. The summed E-state index contributed by atoms with van der Waals surface area (Å²) in [7, 11) is 0. The molecule has 1 aromatic heterocycles. The van der Waals surface area contributed by atoms with Gasteiger partial charge in [-0.25, -0.2) is 9.48 Å². The number of hydrogen-bond donors (Lipinski definition) is 1. The molecule has 3 rings (SSSR count). The van der Waals surface area contributed by atoms with Crippen LogP contribution >= 0.6 is 0 Å². The number of nitrogens with zero attached hydrogens (tertiary/aromatic N) is 2. The highest BCUT2D eigenvalue weighted by molar-refractivity contribution is 5.85. The zero-order valence-corrected chi connectivity index (χ0v) is 12.0. The van der Waals surface area contributed by atoms with Gasteiger partial charge in [-0.2, -0.15) is 5.10 Å². The van der Waals surface area contributed by atoms with Crippen molar-refractivity contribution in [3.63, 3.8) is 0 Å². The van der Waals surface area contributed by atoms with Crippen LogP contribution in [-0.4, -0.2) is 27.5 Å². The third-order valence-corrected chi connectivity index (χ3v) is 3.80. The Morgan fingerprint density at radius 2 is 2.19 bits per heavy atom. The first kappa shape index (κ1) is 13.8. The van der Waals surface area contributed by atoms with E-state index in [4.69, 9.17) is 4.74 Å². The first-order chi connectivity index (χ1) is 10.2. The molecule has 1 saturated heterocycles. The fraction of sp³-hybridized carbons (Fsp3) is 0.375. The molecule has 21 heavy (non-hydrogen) atoms. The number of ether oxygens (including phenoxy) is 1. The molecule has 1 N–H and O–H groups in total. The van der Waals surface area contributed by atoms with Crippen LogP contribution in [0.15, 0.2) is 30.3 Å². The second kappa shape index (κ2) is 5.69. The summed E-state index contributed by atoms with van der Waals surface area (Å²) in [6, 6.07) is 9.63. The van der Waals surface area contributed by atoms with Crippen LogP contribution in [-0.2, 0) is 11.2 Å². The molecule has 0 saturated carbocycles. The number of aromatic nitrogens is 2. The Morgan fingerprint density at radius 1 is 1.43 bits per heavy atom. The summed E-state index contributed by atoms with van der Waals surface area (Å²) in [5, 5.41) is 13.4. The van der Waals surface area contributed by atoms with Crippen molar-refractivity contribution in [1.29, 1.82) is 0 Å². The molecule has 0 amide bonds. The average molecular weight is 286 g/mol. The summed E-state index contributed by atoms with van der Waals surface area (Å²) < 4.78 is 7.38. The van der Waals surface area contributed by atoms with Crippen LogP contribution in [0.1, 0.15) is 47.6 Å². The molecule has 1 aromatic carbocycles. The lowest BCUT2D eigenvalue weighted by molar-refractivity contribution is 0.0690. The lowest BCUT2D eigenvalue weighted by Crippen LogP contribution is -2.07. The molecule has 0 bridgehead atoms. The van der Waals surface area contributed by atoms with Crippen molar-refractivity contribution >= 4 is 5.97 Å². The van der Waals surface area contributed by atoms with Gasteiger partial charge in [0.25, 0.3) is 0 Å². The summed E-state index contributed by atoms with van der Waals surface area (Å²) in [5.41, 5.74) is 2.97. The van der Waals surface area contributed by atoms with Crippen LogP contribution in [0.2, 0.25) is 0 Å². The van der Waals surface area contributed by atoms with Crippen LogP contribution in [0.5, 0.6) is 0 Å². The van der Waals surface area contributed by atoms with Crippen LogP contribution in [0.4, 0.5) is 0 Å². The van der Waals surface area contributed by atoms with E-state index < -0.39 is 5.97 Å². The number of carbonyl (C=O) groups is 1. The molecule has 2 heterocycles. The Labute approximate surface area is 123 Å². The summed E-state index contributed by atoms with van der Waals surface area (Å²) in [6.07, 6.45) is 2.79. The van der Waals surface area contributed by atoms with E-state index in [1.165, 1.54) is 5.56 Å². The van der Waals surface area contributed by atoms with E-state index >= 15 is 0 Å². The van der Waals surface area contributed by atoms with Gasteiger partial charge in [-0.05, 0) is 43.0 Å². The molecule has 0 radical (unpaired) electrons. The van der Waals surface area contributed by atoms with Gasteiger partial charge in [0.1, 0.15) is 0 Å². The maximum atomic E-state index is 11.2. The van der Waals surface area contributed by atoms with Crippen molar-refractivity contribution in [3.05, 3.63) is 47.3 Å². The molecule has 1 aliphatic heterocycles. The first-order valence-electron chi connectivity index (χ1n) is 7.23. The second-order valence-corrected chi connectivity index (χ2v) is 5.19. The minimum Gasteiger partial charge on any atom is -0.476 e. The van der Waals surface area contributed by atoms with E-state index in [9.17, 15) is 9.90 Å². The number of benzene rings is 1. The Hall–Kier alpha value is -2.14. The van der Waals surface area contributed by atoms with Crippen molar-refractivity contribution < 1.29 is 14.6 Å². The van der Waals surface area contributed by atoms with E-state index in [1.807, 2.05) is 24.3 Å². The van der Waals surface area contributed by atoms with Gasteiger partial charge in [0.05, 0.1) is 17.5 Å². The van der Waals surface area contributed by atoms with Gasteiger partial charge in [-0.15, -0.1) is 0 Å². The Morgan fingerprint density at radius 3 is 2.76 bits per heavy atom. The molecular formula is C16H18N2O3. The fourth-order valence-corrected chi connectivity index (χ4v) is 2.62. The number of aromatic carboxylic acids is 1. The molecule has 0 aliphatic carbocycles. The van der Waals surface area contributed by atoms with E-state index in [2.05, 4.69) is 12.0 Å². The average Bonchev–Trinajstić information content (AvgIpc) is 3.16. The van der Waals surface area contributed by atoms with Crippen LogP contribution in [0.25, 0.3) is 5.69 Å². The second-order valence-electron chi connectivity index (χ2n) is 5.19. The molecule has 110 valence electrons. The van der Waals surface area contributed by atoms with Gasteiger partial charge in [0.15, 0.2) is 5.69 Å². The van der Waals surface area contributed by atoms with E-state index in [-0.39, 0.29) is 11.8 Å². The van der Waals surface area contributed by atoms with Crippen molar-refractivity contribution in [2.24, 2.45) is 0 Å². The third kappa shape index (κ3) is 2.69. The van der Waals surface area contributed by atoms with E-state index in [0.29, 0.717) is 6.61 Å². The van der Waals surface area contributed by atoms with Gasteiger partial charge in [-0.1, -0.05) is 19.1 Å². The molecule has 1 fully saturated rings. The zero-order chi connectivity index (χ0) is 14.8. The number of hydrogen-bond acceptors (Lipinski definition) is 3. The number of rotatable bonds is 4. The van der Waals surface area contributed by atoms with Crippen LogP contribution < -0.4 is 0 Å². The Kier molecular flexibility index (Phi) is 3.75. The number of aryl methyl sites for hydroxylation is 1. The predicted molar refractivity (Wildman–Crippen MR) is 77.8 cm³/mol. The predicted octanol–water partition coefficient (Wildman–Crippen LogP) is 2.98. The Bertz CT molecular complexity index is 640. The highest BCUT2D eigenvalue weighted by Crippen LogP contribution is 2.30. The normalized spacial score (nSPS) is 18.0. The smallest absolute Gasteiger partial charge is 0.356 e. The molecular weight excluding hydrogens is 268 g/mol. The fourth-order valence-electron chi connectivity index (χ4n) is 2.62. The lowest BCUT2D eigenvalue weighted by atomic mass is 10.1. The quantitative estimate of drug-likeness (QED) is 0.938. The molecule has 1 atom stereocenters. The summed E-state index contributed by atoms with van der Waals surface area (Å²) in [4.78, 5) is 11.2. The molecule has 1 aliphatic rings. The molecule has 0 spiro atoms.